The number of benzene rings is 1. The van der Waals surface area contributed by atoms with Crippen molar-refractivity contribution in [1.82, 2.24) is 14.5 Å². The lowest BCUT2D eigenvalue weighted by Crippen LogP contribution is -1.88. The Morgan fingerprint density at radius 1 is 1.25 bits per heavy atom. The monoisotopic (exact) mass is 351 g/mol. The van der Waals surface area contributed by atoms with Crippen LogP contribution in [0.15, 0.2) is 35.2 Å². The fraction of sp³-hybridized carbons (Fsp3) is 0.143. The summed E-state index contributed by atoms with van der Waals surface area (Å²) in [4.78, 5) is 8.35. The van der Waals surface area contributed by atoms with Gasteiger partial charge in [0.1, 0.15) is 22.9 Å². The van der Waals surface area contributed by atoms with E-state index in [1.54, 1.807) is 7.11 Å². The van der Waals surface area contributed by atoms with Crippen molar-refractivity contribution in [2.45, 2.75) is 0 Å². The quantitative estimate of drug-likeness (QED) is 0.653. The summed E-state index contributed by atoms with van der Waals surface area (Å²) < 4.78 is 8.19. The van der Waals surface area contributed by atoms with Gasteiger partial charge in [-0.25, -0.2) is 9.97 Å². The standard InChI is InChI=1S/C14H11BrClN3O/c1-19-6-10(12-13(16)17-7-18-14(12)19)9-5-8(20-2)3-4-11(9)15/h3-7H,1-2H3. The van der Waals surface area contributed by atoms with Gasteiger partial charge in [0.15, 0.2) is 0 Å². The van der Waals surface area contributed by atoms with Gasteiger partial charge in [-0.3, -0.25) is 0 Å². The molecule has 20 heavy (non-hydrogen) atoms. The van der Waals surface area contributed by atoms with Crippen molar-refractivity contribution >= 4 is 38.6 Å². The molecule has 0 fully saturated rings. The molecule has 0 aliphatic rings. The minimum Gasteiger partial charge on any atom is -0.497 e. The number of methoxy groups -OCH3 is 1. The minimum atomic E-state index is 0.445. The molecule has 2 heterocycles. The number of fused-ring (bicyclic) bond motifs is 1. The van der Waals surface area contributed by atoms with E-state index in [0.29, 0.717) is 5.15 Å². The molecule has 2 aromatic heterocycles. The van der Waals surface area contributed by atoms with Crippen molar-refractivity contribution in [1.29, 1.82) is 0 Å². The van der Waals surface area contributed by atoms with E-state index >= 15 is 0 Å². The largest absolute Gasteiger partial charge is 0.497 e. The number of aromatic nitrogens is 3. The Kier molecular flexibility index (Phi) is 3.40. The van der Waals surface area contributed by atoms with E-state index in [9.17, 15) is 0 Å². The van der Waals surface area contributed by atoms with Crippen LogP contribution in [0.2, 0.25) is 5.15 Å². The average Bonchev–Trinajstić information content (AvgIpc) is 2.78. The van der Waals surface area contributed by atoms with Gasteiger partial charge in [-0.2, -0.15) is 0 Å². The van der Waals surface area contributed by atoms with Crippen molar-refractivity contribution in [3.05, 3.63) is 40.3 Å². The highest BCUT2D eigenvalue weighted by atomic mass is 79.9. The number of nitrogens with zero attached hydrogens (tertiary/aromatic N) is 3. The van der Waals surface area contributed by atoms with E-state index in [1.165, 1.54) is 6.33 Å². The lowest BCUT2D eigenvalue weighted by molar-refractivity contribution is 0.415. The van der Waals surface area contributed by atoms with Crippen molar-refractivity contribution < 1.29 is 4.74 Å². The molecule has 0 atom stereocenters. The zero-order chi connectivity index (χ0) is 14.3. The SMILES string of the molecule is COc1ccc(Br)c(-c2cn(C)c3ncnc(Cl)c23)c1. The smallest absolute Gasteiger partial charge is 0.145 e. The van der Waals surface area contributed by atoms with Crippen molar-refractivity contribution in [3.8, 4) is 16.9 Å². The first-order valence-electron chi connectivity index (χ1n) is 5.91. The summed E-state index contributed by atoms with van der Waals surface area (Å²) in [5, 5.41) is 1.28. The maximum atomic E-state index is 6.24. The molecule has 0 N–H and O–H groups in total. The van der Waals surface area contributed by atoms with E-state index in [4.69, 9.17) is 16.3 Å². The van der Waals surface area contributed by atoms with E-state index in [0.717, 1.165) is 32.4 Å². The first kappa shape index (κ1) is 13.4. The number of halogens is 2. The van der Waals surface area contributed by atoms with Gasteiger partial charge in [-0.05, 0) is 18.2 Å². The van der Waals surface area contributed by atoms with Crippen LogP contribution in [0.4, 0.5) is 0 Å². The Morgan fingerprint density at radius 3 is 2.80 bits per heavy atom. The van der Waals surface area contributed by atoms with Crippen molar-refractivity contribution in [2.75, 3.05) is 7.11 Å². The molecule has 0 spiro atoms. The molecule has 1 aromatic carbocycles. The molecule has 0 unspecified atom stereocenters. The topological polar surface area (TPSA) is 39.9 Å². The summed E-state index contributed by atoms with van der Waals surface area (Å²) >= 11 is 9.81. The molecular weight excluding hydrogens is 342 g/mol. The van der Waals surface area contributed by atoms with Gasteiger partial charge in [0.25, 0.3) is 0 Å². The molecule has 0 aliphatic heterocycles. The molecule has 0 radical (unpaired) electrons. The van der Waals surface area contributed by atoms with Crippen LogP contribution in [0.1, 0.15) is 0 Å². The second kappa shape index (κ2) is 5.07. The van der Waals surface area contributed by atoms with Gasteiger partial charge in [-0.15, -0.1) is 0 Å². The zero-order valence-corrected chi connectivity index (χ0v) is 13.2. The number of hydrogen-bond donors (Lipinski definition) is 0. The van der Waals surface area contributed by atoms with Crippen LogP contribution in [-0.4, -0.2) is 21.6 Å². The van der Waals surface area contributed by atoms with Gasteiger partial charge in [0, 0.05) is 28.8 Å². The Labute approximate surface area is 129 Å². The van der Waals surface area contributed by atoms with Crippen LogP contribution in [0.5, 0.6) is 5.75 Å². The van der Waals surface area contributed by atoms with E-state index in [2.05, 4.69) is 25.9 Å². The van der Waals surface area contributed by atoms with E-state index < -0.39 is 0 Å². The highest BCUT2D eigenvalue weighted by Gasteiger charge is 2.16. The minimum absolute atomic E-state index is 0.445. The lowest BCUT2D eigenvalue weighted by atomic mass is 10.1. The molecule has 3 aromatic rings. The molecule has 102 valence electrons. The highest BCUT2D eigenvalue weighted by Crippen LogP contribution is 2.38. The molecule has 4 nitrogen and oxygen atoms in total. The third kappa shape index (κ3) is 2.07. The van der Waals surface area contributed by atoms with Gasteiger partial charge >= 0.3 is 0 Å². The third-order valence-corrected chi connectivity index (χ3v) is 4.15. The third-order valence-electron chi connectivity index (χ3n) is 3.17. The van der Waals surface area contributed by atoms with Crippen molar-refractivity contribution in [3.63, 3.8) is 0 Å². The predicted octanol–water partition coefficient (Wildman–Crippen LogP) is 4.06. The summed E-state index contributed by atoms with van der Waals surface area (Å²) in [7, 11) is 3.58. The maximum absolute atomic E-state index is 6.24. The van der Waals surface area contributed by atoms with E-state index in [1.807, 2.05) is 36.0 Å². The predicted molar refractivity (Wildman–Crippen MR) is 83.2 cm³/mol. The van der Waals surface area contributed by atoms with Crippen LogP contribution in [0.25, 0.3) is 22.2 Å². The molecule has 3 rings (SSSR count). The fourth-order valence-corrected chi connectivity index (χ4v) is 2.91. The first-order valence-corrected chi connectivity index (χ1v) is 7.08. The number of rotatable bonds is 2. The average molecular weight is 353 g/mol. The van der Waals surface area contributed by atoms with Crippen LogP contribution >= 0.6 is 27.5 Å². The van der Waals surface area contributed by atoms with Gasteiger partial charge in [0.05, 0.1) is 12.5 Å². The zero-order valence-electron chi connectivity index (χ0n) is 10.9. The number of aryl methyl sites for hydroxylation is 1. The highest BCUT2D eigenvalue weighted by molar-refractivity contribution is 9.10. The second-order valence-electron chi connectivity index (χ2n) is 4.36. The Hall–Kier alpha value is -1.59. The number of hydrogen-bond acceptors (Lipinski definition) is 3. The van der Waals surface area contributed by atoms with Crippen molar-refractivity contribution in [2.24, 2.45) is 7.05 Å². The molecule has 0 bridgehead atoms. The molecular formula is C14H11BrClN3O. The second-order valence-corrected chi connectivity index (χ2v) is 5.57. The lowest BCUT2D eigenvalue weighted by Gasteiger charge is -2.06. The van der Waals surface area contributed by atoms with Crippen LogP contribution in [0.3, 0.4) is 0 Å². The van der Waals surface area contributed by atoms with Crippen LogP contribution in [-0.2, 0) is 7.05 Å². The first-order chi connectivity index (χ1) is 9.61. The summed E-state index contributed by atoms with van der Waals surface area (Å²) in [6.07, 6.45) is 3.46. The number of ether oxygens (including phenoxy) is 1. The molecule has 0 amide bonds. The van der Waals surface area contributed by atoms with Crippen LogP contribution in [0, 0.1) is 0 Å². The molecule has 0 saturated heterocycles. The van der Waals surface area contributed by atoms with Gasteiger partial charge < -0.3 is 9.30 Å². The summed E-state index contributed by atoms with van der Waals surface area (Å²) in [5.74, 6) is 0.785. The Bertz CT molecular complexity index is 800. The summed E-state index contributed by atoms with van der Waals surface area (Å²) in [6.45, 7) is 0. The normalized spacial score (nSPS) is 11.0. The maximum Gasteiger partial charge on any atom is 0.145 e. The Balaban J connectivity index is 2.35. The van der Waals surface area contributed by atoms with Gasteiger partial charge in [0.2, 0.25) is 0 Å². The van der Waals surface area contributed by atoms with Crippen LogP contribution < -0.4 is 4.74 Å². The van der Waals surface area contributed by atoms with Gasteiger partial charge in [-0.1, -0.05) is 27.5 Å². The molecule has 6 heteroatoms. The molecule has 0 saturated carbocycles. The summed E-state index contributed by atoms with van der Waals surface area (Å²) in [5.41, 5.74) is 2.76. The molecule has 0 aliphatic carbocycles. The fourth-order valence-electron chi connectivity index (χ4n) is 2.22. The Morgan fingerprint density at radius 2 is 2.05 bits per heavy atom. The summed E-state index contributed by atoms with van der Waals surface area (Å²) in [6, 6.07) is 5.81. The van der Waals surface area contributed by atoms with E-state index in [-0.39, 0.29) is 0 Å².